The number of rotatable bonds is 56. The van der Waals surface area contributed by atoms with Crippen LogP contribution in [0.1, 0.15) is 285 Å². The van der Waals surface area contributed by atoms with Crippen LogP contribution in [0.4, 0.5) is 0 Å². The van der Waals surface area contributed by atoms with Gasteiger partial charge in [-0.1, -0.05) is 257 Å². The third-order valence-corrected chi connectivity index (χ3v) is 17.1. The van der Waals surface area contributed by atoms with E-state index in [1.807, 2.05) is 0 Å². The van der Waals surface area contributed by atoms with Gasteiger partial charge in [-0.3, -0.25) is 29.0 Å². The molecule has 6 unspecified atom stereocenters. The number of carbonyl (C=O) groups is 4. The van der Waals surface area contributed by atoms with Crippen molar-refractivity contribution in [2.75, 3.05) is 50.8 Å². The van der Waals surface area contributed by atoms with E-state index >= 15 is 0 Å². The van der Waals surface area contributed by atoms with E-state index in [0.29, 0.717) is 50.8 Å². The van der Waals surface area contributed by atoms with Gasteiger partial charge in [-0.05, 0) is 38.5 Å². The molecule has 14 heteroatoms. The van der Waals surface area contributed by atoms with E-state index in [2.05, 4.69) is 48.1 Å². The number of aliphatic hydroxyl groups excluding tert-OH is 4. The van der Waals surface area contributed by atoms with Crippen molar-refractivity contribution in [1.82, 2.24) is 20.4 Å². The van der Waals surface area contributed by atoms with E-state index in [9.17, 15) is 39.6 Å². The Bertz CT molecular complexity index is 1230. The van der Waals surface area contributed by atoms with Crippen molar-refractivity contribution in [3.05, 3.63) is 0 Å². The fourth-order valence-corrected chi connectivity index (χ4v) is 12.1. The maximum atomic E-state index is 13.1. The van der Waals surface area contributed by atoms with Crippen molar-refractivity contribution >= 4 is 45.6 Å². The van der Waals surface area contributed by atoms with Crippen LogP contribution in [0.15, 0.2) is 0 Å². The molecular weight excluding hydrogens is 993 g/mol. The highest BCUT2D eigenvalue weighted by Crippen LogP contribution is 2.19. The van der Waals surface area contributed by atoms with Crippen LogP contribution in [-0.4, -0.2) is 140 Å². The average molecular weight is 1110 g/mol. The molecule has 448 valence electrons. The molecule has 6 N–H and O–H groups in total. The van der Waals surface area contributed by atoms with Gasteiger partial charge < -0.3 is 31.1 Å². The number of nitrogens with one attached hydrogen (secondary N) is 2. The number of hydrogen-bond acceptors (Lipinski definition) is 12. The Hall–Kier alpha value is -1.26. The van der Waals surface area contributed by atoms with Crippen LogP contribution >= 0.6 is 23.5 Å². The van der Waals surface area contributed by atoms with Gasteiger partial charge in [0.05, 0.1) is 24.4 Å². The Morgan fingerprint density at radius 2 is 0.618 bits per heavy atom. The largest absolute Gasteiger partial charge is 0.392 e. The number of thioether (sulfide) groups is 2. The van der Waals surface area contributed by atoms with Crippen LogP contribution in [0, 0.1) is 0 Å². The molecule has 1 saturated heterocycles. The van der Waals surface area contributed by atoms with Crippen LogP contribution in [-0.2, 0) is 19.2 Å². The Labute approximate surface area is 475 Å². The summed E-state index contributed by atoms with van der Waals surface area (Å²) in [5.41, 5.74) is 0. The van der Waals surface area contributed by atoms with E-state index < -0.39 is 36.5 Å². The summed E-state index contributed by atoms with van der Waals surface area (Å²) in [6, 6.07) is -1.65. The molecule has 6 atom stereocenters. The quantitative estimate of drug-likeness (QED) is 0.0318. The molecule has 2 amide bonds. The standard InChI is InChI=1S/C62H120N4O8S2/c1-5-9-13-17-21-25-29-33-37-53(67)49-65(50-54(68)38-34-30-26-22-18-14-10-6-2)45-47-75-59(71)43-41-57-61(73)64-58(62(74)63-57)42-44-60(72)76-48-46-66(51-55(69)39-35-31-27-23-19-15-11-7-3)52-56(70)40-36-32-28-24-20-16-12-8-4/h53-58,67-70H,5-52H2,1-4H3,(H,63,74)(H,64,73). The van der Waals surface area contributed by atoms with Gasteiger partial charge in [-0.25, -0.2) is 0 Å². The lowest BCUT2D eigenvalue weighted by molar-refractivity contribution is -0.137. The Balaban J connectivity index is 2.57. The van der Waals surface area contributed by atoms with Crippen molar-refractivity contribution in [3.8, 4) is 0 Å². The zero-order valence-electron chi connectivity index (χ0n) is 49.5. The number of piperazine rings is 1. The van der Waals surface area contributed by atoms with Crippen molar-refractivity contribution < 1.29 is 39.6 Å². The van der Waals surface area contributed by atoms with Gasteiger partial charge in [0.25, 0.3) is 0 Å². The topological polar surface area (TPSA) is 180 Å². The number of unbranched alkanes of at least 4 members (excludes halogenated alkanes) is 28. The number of nitrogens with zero attached hydrogens (tertiary/aromatic N) is 2. The summed E-state index contributed by atoms with van der Waals surface area (Å²) in [6.45, 7) is 11.9. The molecule has 0 bridgehead atoms. The Morgan fingerprint density at radius 1 is 0.395 bits per heavy atom. The zero-order valence-corrected chi connectivity index (χ0v) is 51.2. The number of amides is 2. The first-order valence-electron chi connectivity index (χ1n) is 32.0. The second-order valence-corrected chi connectivity index (χ2v) is 25.1. The molecule has 0 spiro atoms. The molecule has 1 aliphatic rings. The molecule has 12 nitrogen and oxygen atoms in total. The van der Waals surface area contributed by atoms with Gasteiger partial charge in [0.1, 0.15) is 12.1 Å². The molecule has 0 saturated carbocycles. The van der Waals surface area contributed by atoms with Crippen LogP contribution < -0.4 is 10.6 Å². The average Bonchev–Trinajstić information content (AvgIpc) is 3.39. The lowest BCUT2D eigenvalue weighted by Gasteiger charge is -2.29. The minimum absolute atomic E-state index is 0.0692. The van der Waals surface area contributed by atoms with Crippen LogP contribution in [0.25, 0.3) is 0 Å². The number of aliphatic hydroxyl groups is 4. The molecule has 1 heterocycles. The maximum Gasteiger partial charge on any atom is 0.243 e. The van der Waals surface area contributed by atoms with E-state index in [1.54, 1.807) is 0 Å². The number of hydrogen-bond donors (Lipinski definition) is 6. The summed E-state index contributed by atoms with van der Waals surface area (Å²) in [5, 5.41) is 49.4. The summed E-state index contributed by atoms with van der Waals surface area (Å²) in [5.74, 6) is 0.310. The molecule has 1 aliphatic heterocycles. The lowest BCUT2D eigenvalue weighted by Crippen LogP contribution is -2.61. The fraction of sp³-hybridized carbons (Fsp3) is 0.935. The summed E-state index contributed by atoms with van der Waals surface area (Å²) < 4.78 is 0. The second-order valence-electron chi connectivity index (χ2n) is 22.8. The van der Waals surface area contributed by atoms with Crippen molar-refractivity contribution in [2.45, 2.75) is 321 Å². The van der Waals surface area contributed by atoms with Gasteiger partial charge in [-0.2, -0.15) is 0 Å². The highest BCUT2D eigenvalue weighted by molar-refractivity contribution is 8.13. The third-order valence-electron chi connectivity index (χ3n) is 15.3. The molecule has 0 aliphatic carbocycles. The van der Waals surface area contributed by atoms with E-state index in [-0.39, 0.29) is 47.7 Å². The summed E-state index contributed by atoms with van der Waals surface area (Å²) in [6.07, 6.45) is 40.3. The monoisotopic (exact) mass is 1110 g/mol. The van der Waals surface area contributed by atoms with Gasteiger partial charge in [0.2, 0.25) is 11.8 Å². The van der Waals surface area contributed by atoms with Crippen LogP contribution in [0.5, 0.6) is 0 Å². The number of carbonyl (C=O) groups excluding carboxylic acids is 4. The fourth-order valence-electron chi connectivity index (χ4n) is 10.5. The zero-order chi connectivity index (χ0) is 55.7. The molecule has 76 heavy (non-hydrogen) atoms. The Morgan fingerprint density at radius 3 is 0.855 bits per heavy atom. The first-order valence-corrected chi connectivity index (χ1v) is 34.0. The predicted molar refractivity (Wildman–Crippen MR) is 323 cm³/mol. The van der Waals surface area contributed by atoms with Gasteiger partial charge in [0.15, 0.2) is 10.2 Å². The van der Waals surface area contributed by atoms with Crippen molar-refractivity contribution in [3.63, 3.8) is 0 Å². The van der Waals surface area contributed by atoms with Gasteiger partial charge in [0, 0.05) is 63.6 Å². The first kappa shape index (κ1) is 72.8. The molecule has 0 aromatic rings. The van der Waals surface area contributed by atoms with Crippen molar-refractivity contribution in [2.24, 2.45) is 0 Å². The normalized spacial score (nSPS) is 16.6. The first-order chi connectivity index (χ1) is 36.9. The minimum Gasteiger partial charge on any atom is -0.392 e. The summed E-state index contributed by atoms with van der Waals surface area (Å²) in [7, 11) is 0. The van der Waals surface area contributed by atoms with E-state index in [4.69, 9.17) is 0 Å². The minimum atomic E-state index is -0.823. The molecule has 1 rings (SSSR count). The van der Waals surface area contributed by atoms with Crippen LogP contribution in [0.2, 0.25) is 0 Å². The summed E-state index contributed by atoms with van der Waals surface area (Å²) in [4.78, 5) is 56.6. The van der Waals surface area contributed by atoms with E-state index in [1.165, 1.54) is 178 Å². The van der Waals surface area contributed by atoms with Gasteiger partial charge >= 0.3 is 0 Å². The lowest BCUT2D eigenvalue weighted by atomic mass is 10.0. The maximum absolute atomic E-state index is 13.1. The smallest absolute Gasteiger partial charge is 0.243 e. The SMILES string of the molecule is CCCCCCCCCCC(O)CN(CCSC(=O)CCC1NC(=O)C(CCC(=O)SCCN(CC(O)CCCCCCCCCC)CC(O)CCCCCCCCCC)NC1=O)CC(O)CCCCCCCCCC. The van der Waals surface area contributed by atoms with Crippen molar-refractivity contribution in [1.29, 1.82) is 0 Å². The Kier molecular flexibility index (Phi) is 49.6. The van der Waals surface area contributed by atoms with E-state index in [0.717, 1.165) is 77.0 Å². The summed E-state index contributed by atoms with van der Waals surface area (Å²) >= 11 is 2.39. The predicted octanol–water partition coefficient (Wildman–Crippen LogP) is 13.2. The molecule has 0 radical (unpaired) electrons. The second kappa shape index (κ2) is 51.9. The molecule has 0 aromatic heterocycles. The molecule has 0 aromatic carbocycles. The molecular formula is C62H120N4O8S2. The highest BCUT2D eigenvalue weighted by Gasteiger charge is 2.34. The third kappa shape index (κ3) is 43.5. The molecule has 1 fully saturated rings. The highest BCUT2D eigenvalue weighted by atomic mass is 32.2. The van der Waals surface area contributed by atoms with Crippen LogP contribution in [0.3, 0.4) is 0 Å². The van der Waals surface area contributed by atoms with Gasteiger partial charge in [-0.15, -0.1) is 0 Å².